The molecule has 8 rings (SSSR count). The molecule has 1 N–H and O–H groups in total. The van der Waals surface area contributed by atoms with Gasteiger partial charge in [-0.15, -0.1) is 0 Å². The lowest BCUT2D eigenvalue weighted by molar-refractivity contribution is -0.140. The van der Waals surface area contributed by atoms with Crippen LogP contribution in [0.15, 0.2) is 36.4 Å². The van der Waals surface area contributed by atoms with Crippen molar-refractivity contribution in [2.75, 3.05) is 33.5 Å². The van der Waals surface area contributed by atoms with Crippen LogP contribution in [0.1, 0.15) is 78.3 Å². The van der Waals surface area contributed by atoms with E-state index < -0.39 is 21.3 Å². The Bertz CT molecular complexity index is 1820. The highest BCUT2D eigenvalue weighted by Crippen LogP contribution is 2.66. The maximum Gasteiger partial charge on any atom is 0.264 e. The predicted octanol–water partition coefficient (Wildman–Crippen LogP) is 4.46. The number of nitrogens with zero attached hydrogens (tertiary/aromatic N) is 3. The summed E-state index contributed by atoms with van der Waals surface area (Å²) in [6.45, 7) is 2.23. The van der Waals surface area contributed by atoms with Crippen LogP contribution >= 0.6 is 0 Å². The van der Waals surface area contributed by atoms with Crippen LogP contribution in [0.25, 0.3) is 22.2 Å². The lowest BCUT2D eigenvalue weighted by Gasteiger charge is -2.35. The largest absolute Gasteiger partial charge is 0.497 e. The van der Waals surface area contributed by atoms with Crippen molar-refractivity contribution in [2.45, 2.75) is 75.4 Å². The summed E-state index contributed by atoms with van der Waals surface area (Å²) in [7, 11) is 0.124. The Balaban J connectivity index is 1.33. The molecule has 3 aromatic rings. The quantitative estimate of drug-likeness (QED) is 0.455. The second-order valence-electron chi connectivity index (χ2n) is 13.9. The normalized spacial score (nSPS) is 27.9. The van der Waals surface area contributed by atoms with Gasteiger partial charge in [-0.05, 0) is 80.1 Å². The number of likely N-dealkylation sites (tertiary alicyclic amines) is 2. The average molecular weight is 617 g/mol. The van der Waals surface area contributed by atoms with Gasteiger partial charge in [0.1, 0.15) is 5.75 Å². The maximum absolute atomic E-state index is 14.7. The van der Waals surface area contributed by atoms with Gasteiger partial charge in [0.25, 0.3) is 5.91 Å². The Kier molecular flexibility index (Phi) is 6.27. The molecule has 1 aromatic heterocycles. The van der Waals surface area contributed by atoms with Crippen molar-refractivity contribution in [1.82, 2.24) is 19.1 Å². The molecule has 2 aliphatic carbocycles. The number of hydrogen-bond acceptors (Lipinski definition) is 6. The van der Waals surface area contributed by atoms with Crippen molar-refractivity contribution >= 4 is 32.7 Å². The summed E-state index contributed by atoms with van der Waals surface area (Å²) in [6, 6.07) is 12.6. The first-order valence-electron chi connectivity index (χ1n) is 16.0. The lowest BCUT2D eigenvalue weighted by atomic mass is 9.81. The number of sulfonamides is 1. The minimum absolute atomic E-state index is 0.0860. The molecule has 0 radical (unpaired) electrons. The summed E-state index contributed by atoms with van der Waals surface area (Å²) in [4.78, 5) is 32.3. The van der Waals surface area contributed by atoms with E-state index in [1.165, 1.54) is 30.4 Å². The molecule has 2 bridgehead atoms. The van der Waals surface area contributed by atoms with E-state index in [0.29, 0.717) is 24.1 Å². The first kappa shape index (κ1) is 28.1. The number of ether oxygens (including phenoxy) is 1. The summed E-state index contributed by atoms with van der Waals surface area (Å²) in [5.74, 6) is 0.858. The van der Waals surface area contributed by atoms with Gasteiger partial charge in [-0.1, -0.05) is 25.3 Å². The van der Waals surface area contributed by atoms with Gasteiger partial charge in [-0.2, -0.15) is 0 Å². The number of nitrogens with one attached hydrogen (secondary N) is 1. The highest BCUT2D eigenvalue weighted by atomic mass is 32.2. The van der Waals surface area contributed by atoms with Crippen molar-refractivity contribution < 1.29 is 22.7 Å². The summed E-state index contributed by atoms with van der Waals surface area (Å²) in [6.07, 6.45) is 8.61. The van der Waals surface area contributed by atoms with Gasteiger partial charge < -0.3 is 14.2 Å². The van der Waals surface area contributed by atoms with Gasteiger partial charge in [0.2, 0.25) is 15.9 Å². The molecule has 2 saturated heterocycles. The Labute approximate surface area is 258 Å². The number of amides is 2. The minimum atomic E-state index is -3.72. The minimum Gasteiger partial charge on any atom is -0.497 e. The fourth-order valence-electron chi connectivity index (χ4n) is 9.05. The number of rotatable bonds is 5. The molecule has 4 heterocycles. The molecule has 2 aromatic carbocycles. The molecule has 2 amide bonds. The molecule has 4 fully saturated rings. The fourth-order valence-corrected chi connectivity index (χ4v) is 9.50. The van der Waals surface area contributed by atoms with E-state index in [1.54, 1.807) is 13.2 Å². The number of likely N-dealkylation sites (N-methyl/N-ethyl adjacent to an activating group) is 1. The molecule has 44 heavy (non-hydrogen) atoms. The molecule has 2 unspecified atom stereocenters. The van der Waals surface area contributed by atoms with Crippen molar-refractivity contribution in [3.05, 3.63) is 53.1 Å². The van der Waals surface area contributed by atoms with Gasteiger partial charge >= 0.3 is 0 Å². The first-order valence-corrected chi connectivity index (χ1v) is 17.8. The van der Waals surface area contributed by atoms with Gasteiger partial charge in [-0.3, -0.25) is 14.5 Å². The number of fused-ring (bicyclic) bond motifs is 9. The summed E-state index contributed by atoms with van der Waals surface area (Å²) < 4.78 is 34.0. The van der Waals surface area contributed by atoms with E-state index in [0.717, 1.165) is 72.9 Å². The molecule has 232 valence electrons. The third-order valence-corrected chi connectivity index (χ3v) is 11.8. The molecule has 4 atom stereocenters. The van der Waals surface area contributed by atoms with Gasteiger partial charge in [-0.25, -0.2) is 13.1 Å². The number of hydrogen-bond donors (Lipinski definition) is 1. The van der Waals surface area contributed by atoms with Crippen molar-refractivity contribution in [2.24, 2.45) is 5.41 Å². The van der Waals surface area contributed by atoms with Crippen molar-refractivity contribution in [3.8, 4) is 17.0 Å². The zero-order chi connectivity index (χ0) is 30.5. The second-order valence-corrected chi connectivity index (χ2v) is 15.7. The Hall–Kier alpha value is -3.37. The van der Waals surface area contributed by atoms with Crippen LogP contribution in [0.2, 0.25) is 0 Å². The summed E-state index contributed by atoms with van der Waals surface area (Å²) >= 11 is 0. The average Bonchev–Trinajstić information content (AvgIpc) is 3.25. The number of piperazine rings is 1. The lowest BCUT2D eigenvalue weighted by Crippen LogP contribution is -2.50. The molecule has 9 nitrogen and oxygen atoms in total. The Morgan fingerprint density at radius 2 is 1.82 bits per heavy atom. The van der Waals surface area contributed by atoms with Crippen molar-refractivity contribution in [1.29, 1.82) is 0 Å². The Morgan fingerprint density at radius 3 is 2.50 bits per heavy atom. The van der Waals surface area contributed by atoms with Crippen LogP contribution in [0.3, 0.4) is 0 Å². The standard InChI is InChI=1S/C34H40N4O5S/c1-36-17-23-14-22(36)18-37(23)33(40)34-16-28(34)27-15-24(43-2)10-12-25(27)31-30(20-7-5-4-6-8-20)26-11-9-21(13-29(26)38(31)19-34)32(39)35-44(3,41)42/h9-13,15,20,22-23,28H,4-8,14,16-19H2,1-3H3,(H,35,39)/t22-,23-,28?,34?/m1/s1. The predicted molar refractivity (Wildman–Crippen MR) is 168 cm³/mol. The molecule has 5 aliphatic rings. The van der Waals surface area contributed by atoms with Crippen LogP contribution < -0.4 is 9.46 Å². The topological polar surface area (TPSA) is 101 Å². The van der Waals surface area contributed by atoms with Crippen LogP contribution in [-0.2, 0) is 21.4 Å². The van der Waals surface area contributed by atoms with Gasteiger partial charge in [0.05, 0.1) is 24.5 Å². The van der Waals surface area contributed by atoms with Crippen molar-refractivity contribution in [3.63, 3.8) is 0 Å². The van der Waals surface area contributed by atoms with E-state index in [2.05, 4.69) is 38.3 Å². The highest BCUT2D eigenvalue weighted by Gasteiger charge is 2.65. The summed E-state index contributed by atoms with van der Waals surface area (Å²) in [5, 5.41) is 1.09. The summed E-state index contributed by atoms with van der Waals surface area (Å²) in [5.41, 5.74) is 5.38. The van der Waals surface area contributed by atoms with E-state index >= 15 is 0 Å². The van der Waals surface area contributed by atoms with Crippen LogP contribution in [0.5, 0.6) is 5.75 Å². The highest BCUT2D eigenvalue weighted by molar-refractivity contribution is 7.89. The molecule has 0 spiro atoms. The molecular weight excluding hydrogens is 576 g/mol. The number of methoxy groups -OCH3 is 1. The van der Waals surface area contributed by atoms with Crippen LogP contribution in [0, 0.1) is 5.41 Å². The zero-order valence-electron chi connectivity index (χ0n) is 25.6. The third kappa shape index (κ3) is 4.24. The number of carbonyl (C=O) groups is 2. The third-order valence-electron chi connectivity index (χ3n) is 11.3. The number of carbonyl (C=O) groups excluding carboxylic acids is 2. The first-order chi connectivity index (χ1) is 21.1. The number of aromatic nitrogens is 1. The van der Waals surface area contributed by atoms with E-state index in [4.69, 9.17) is 4.74 Å². The van der Waals surface area contributed by atoms with Gasteiger partial charge in [0.15, 0.2) is 0 Å². The maximum atomic E-state index is 14.7. The Morgan fingerprint density at radius 1 is 1.02 bits per heavy atom. The molecular formula is C34H40N4O5S. The van der Waals surface area contributed by atoms with Crippen LogP contribution in [0.4, 0.5) is 0 Å². The van der Waals surface area contributed by atoms with E-state index in [1.807, 2.05) is 18.2 Å². The van der Waals surface area contributed by atoms with Crippen LogP contribution in [-0.4, -0.2) is 80.2 Å². The van der Waals surface area contributed by atoms with E-state index in [9.17, 15) is 18.0 Å². The van der Waals surface area contributed by atoms with Gasteiger partial charge in [0, 0.05) is 59.7 Å². The molecule has 10 heteroatoms. The van der Waals surface area contributed by atoms with E-state index in [-0.39, 0.29) is 17.9 Å². The number of benzene rings is 2. The monoisotopic (exact) mass is 616 g/mol. The molecule has 2 saturated carbocycles. The molecule has 3 aliphatic heterocycles. The zero-order valence-corrected chi connectivity index (χ0v) is 26.5. The second kappa shape index (κ2) is 9.81. The fraction of sp³-hybridized carbons (Fsp3) is 0.529. The smallest absolute Gasteiger partial charge is 0.264 e. The SMILES string of the molecule is COc1ccc2c(c1)C1CC1(C(=O)N1C[C@H]3C[C@@H]1CN3C)Cn1c-2c(C2CCCCC2)c2ccc(C(=O)NS(C)(=O)=O)cc21.